The summed E-state index contributed by atoms with van der Waals surface area (Å²) in [6, 6.07) is 5.95. The van der Waals surface area contributed by atoms with Gasteiger partial charge in [0.1, 0.15) is 5.82 Å². The highest BCUT2D eigenvalue weighted by atomic mass is 32.1. The van der Waals surface area contributed by atoms with E-state index >= 15 is 0 Å². The van der Waals surface area contributed by atoms with Gasteiger partial charge in [-0.2, -0.15) is 0 Å². The Balaban J connectivity index is 1.62. The maximum absolute atomic E-state index is 12.9. The van der Waals surface area contributed by atoms with Crippen LogP contribution in [0.1, 0.15) is 23.1 Å². The van der Waals surface area contributed by atoms with Crippen molar-refractivity contribution in [1.82, 2.24) is 9.88 Å². The van der Waals surface area contributed by atoms with Crippen LogP contribution in [-0.4, -0.2) is 35.0 Å². The lowest BCUT2D eigenvalue weighted by molar-refractivity contribution is -0.131. The summed E-state index contributed by atoms with van der Waals surface area (Å²) in [7, 11) is 0. The van der Waals surface area contributed by atoms with E-state index in [0.29, 0.717) is 31.2 Å². The minimum Gasteiger partial charge on any atom is -0.450 e. The molecule has 1 aromatic heterocycles. The fraction of sp³-hybridized carbons (Fsp3) is 0.353. The van der Waals surface area contributed by atoms with Gasteiger partial charge in [0.2, 0.25) is 5.91 Å². The van der Waals surface area contributed by atoms with E-state index in [1.165, 1.54) is 23.5 Å². The second-order valence-electron chi connectivity index (χ2n) is 5.60. The summed E-state index contributed by atoms with van der Waals surface area (Å²) in [4.78, 5) is 31.0. The van der Waals surface area contributed by atoms with E-state index in [9.17, 15) is 14.0 Å². The molecule has 6 nitrogen and oxygen atoms in total. The van der Waals surface area contributed by atoms with E-state index in [1.54, 1.807) is 24.0 Å². The molecule has 2 aromatic rings. The Kier molecular flexibility index (Phi) is 5.28. The average molecular weight is 363 g/mol. The third-order valence-electron chi connectivity index (χ3n) is 3.84. The lowest BCUT2D eigenvalue weighted by atomic mass is 10.1. The van der Waals surface area contributed by atoms with Gasteiger partial charge in [0.15, 0.2) is 5.13 Å². The second kappa shape index (κ2) is 7.60. The van der Waals surface area contributed by atoms with Gasteiger partial charge in [-0.3, -0.25) is 10.1 Å². The van der Waals surface area contributed by atoms with Crippen LogP contribution in [0.25, 0.3) is 0 Å². The molecule has 1 aliphatic heterocycles. The van der Waals surface area contributed by atoms with Crippen molar-refractivity contribution in [2.45, 2.75) is 26.3 Å². The molecule has 2 amide bonds. The molecule has 3 rings (SSSR count). The van der Waals surface area contributed by atoms with Gasteiger partial charge in [0.05, 0.1) is 25.3 Å². The maximum atomic E-state index is 12.9. The largest absolute Gasteiger partial charge is 0.450 e. The minimum atomic E-state index is -0.530. The highest BCUT2D eigenvalue weighted by molar-refractivity contribution is 7.15. The van der Waals surface area contributed by atoms with Crippen molar-refractivity contribution in [2.75, 3.05) is 18.5 Å². The number of halogens is 1. The van der Waals surface area contributed by atoms with Gasteiger partial charge < -0.3 is 9.64 Å². The van der Waals surface area contributed by atoms with E-state index in [0.717, 1.165) is 16.1 Å². The van der Waals surface area contributed by atoms with Gasteiger partial charge in [-0.15, -0.1) is 0 Å². The normalized spacial score (nSPS) is 13.3. The molecule has 0 fully saturated rings. The van der Waals surface area contributed by atoms with E-state index < -0.39 is 6.09 Å². The smallest absolute Gasteiger partial charge is 0.413 e. The molecule has 1 aromatic carbocycles. The molecular formula is C17H18FN3O3S. The van der Waals surface area contributed by atoms with E-state index in [-0.39, 0.29) is 18.1 Å². The van der Waals surface area contributed by atoms with Crippen molar-refractivity contribution < 1.29 is 18.7 Å². The van der Waals surface area contributed by atoms with Crippen molar-refractivity contribution in [3.05, 3.63) is 46.2 Å². The lowest BCUT2D eigenvalue weighted by Gasteiger charge is -2.26. The van der Waals surface area contributed by atoms with Crippen LogP contribution in [-0.2, 0) is 28.9 Å². The maximum Gasteiger partial charge on any atom is 0.413 e. The van der Waals surface area contributed by atoms with Crippen LogP contribution in [0.15, 0.2) is 24.3 Å². The number of benzene rings is 1. The molecule has 1 aliphatic rings. The van der Waals surface area contributed by atoms with Gasteiger partial charge in [0, 0.05) is 17.8 Å². The fourth-order valence-electron chi connectivity index (χ4n) is 2.60. The predicted molar refractivity (Wildman–Crippen MR) is 92.0 cm³/mol. The number of carbonyl (C=O) groups is 2. The highest BCUT2D eigenvalue weighted by Gasteiger charge is 2.24. The van der Waals surface area contributed by atoms with Crippen LogP contribution in [0.2, 0.25) is 0 Å². The predicted octanol–water partition coefficient (Wildman–Crippen LogP) is 2.98. The van der Waals surface area contributed by atoms with Crippen molar-refractivity contribution in [3.8, 4) is 0 Å². The van der Waals surface area contributed by atoms with Crippen LogP contribution in [0, 0.1) is 5.82 Å². The van der Waals surface area contributed by atoms with Crippen LogP contribution in [0.5, 0.6) is 0 Å². The summed E-state index contributed by atoms with van der Waals surface area (Å²) in [5, 5.41) is 3.08. The zero-order chi connectivity index (χ0) is 17.8. The fourth-order valence-corrected chi connectivity index (χ4v) is 3.61. The van der Waals surface area contributed by atoms with Crippen molar-refractivity contribution in [2.24, 2.45) is 0 Å². The third-order valence-corrected chi connectivity index (χ3v) is 4.83. The number of carbonyl (C=O) groups excluding carboxylic acids is 2. The number of amides is 2. The Morgan fingerprint density at radius 2 is 2.12 bits per heavy atom. The summed E-state index contributed by atoms with van der Waals surface area (Å²) in [5.74, 6) is -0.323. The third kappa shape index (κ3) is 4.33. The summed E-state index contributed by atoms with van der Waals surface area (Å²) in [5.41, 5.74) is 1.69. The molecule has 0 aliphatic carbocycles. The number of aromatic nitrogens is 1. The molecule has 132 valence electrons. The van der Waals surface area contributed by atoms with Crippen molar-refractivity contribution in [3.63, 3.8) is 0 Å². The van der Waals surface area contributed by atoms with Crippen molar-refractivity contribution in [1.29, 1.82) is 0 Å². The zero-order valence-corrected chi connectivity index (χ0v) is 14.6. The minimum absolute atomic E-state index is 0.00874. The van der Waals surface area contributed by atoms with Gasteiger partial charge in [0.25, 0.3) is 0 Å². The highest BCUT2D eigenvalue weighted by Crippen LogP contribution is 2.28. The standard InChI is InChI=1S/C17H18FN3O3S/c1-2-24-17(23)20-16-19-13-7-8-21(10-14(13)25-16)15(22)9-11-3-5-12(18)6-4-11/h3-6H,2,7-10H2,1H3,(H,19,20,23). The number of thiazole rings is 1. The SMILES string of the molecule is CCOC(=O)Nc1nc2c(s1)CN(C(=O)Cc1ccc(F)cc1)CC2. The Hall–Kier alpha value is -2.48. The molecule has 0 radical (unpaired) electrons. The second-order valence-corrected chi connectivity index (χ2v) is 6.69. The number of fused-ring (bicyclic) bond motifs is 1. The molecule has 0 saturated carbocycles. The Labute approximate surface area is 148 Å². The van der Waals surface area contributed by atoms with Gasteiger partial charge in [-0.05, 0) is 24.6 Å². The molecule has 0 saturated heterocycles. The van der Waals surface area contributed by atoms with E-state index in [1.807, 2.05) is 0 Å². The Bertz CT molecular complexity index is 776. The van der Waals surface area contributed by atoms with Crippen molar-refractivity contribution >= 4 is 28.5 Å². The number of hydrogen-bond acceptors (Lipinski definition) is 5. The van der Waals surface area contributed by atoms with Gasteiger partial charge in [-0.25, -0.2) is 14.2 Å². The average Bonchev–Trinajstić information content (AvgIpc) is 2.98. The monoisotopic (exact) mass is 363 g/mol. The van der Waals surface area contributed by atoms with Gasteiger partial charge in [-0.1, -0.05) is 23.5 Å². The zero-order valence-electron chi connectivity index (χ0n) is 13.8. The number of rotatable bonds is 4. The number of nitrogens with zero attached hydrogens (tertiary/aromatic N) is 2. The number of nitrogens with one attached hydrogen (secondary N) is 1. The Morgan fingerprint density at radius 3 is 2.84 bits per heavy atom. The molecular weight excluding hydrogens is 345 g/mol. The summed E-state index contributed by atoms with van der Waals surface area (Å²) >= 11 is 1.35. The molecule has 0 atom stereocenters. The quantitative estimate of drug-likeness (QED) is 0.907. The first kappa shape index (κ1) is 17.3. The first-order valence-corrected chi connectivity index (χ1v) is 8.81. The molecule has 2 heterocycles. The summed E-state index contributed by atoms with van der Waals surface area (Å²) in [6.07, 6.45) is 0.353. The summed E-state index contributed by atoms with van der Waals surface area (Å²) in [6.45, 7) is 3.08. The molecule has 0 unspecified atom stereocenters. The topological polar surface area (TPSA) is 71.5 Å². The number of anilines is 1. The van der Waals surface area contributed by atoms with E-state index in [2.05, 4.69) is 10.3 Å². The van der Waals surface area contributed by atoms with Crippen LogP contribution < -0.4 is 5.32 Å². The van der Waals surface area contributed by atoms with Crippen LogP contribution in [0.4, 0.5) is 14.3 Å². The first-order valence-electron chi connectivity index (χ1n) is 7.99. The first-order chi connectivity index (χ1) is 12.0. The Morgan fingerprint density at radius 1 is 1.36 bits per heavy atom. The van der Waals surface area contributed by atoms with E-state index in [4.69, 9.17) is 4.74 Å². The van der Waals surface area contributed by atoms with Crippen LogP contribution >= 0.6 is 11.3 Å². The molecule has 25 heavy (non-hydrogen) atoms. The lowest BCUT2D eigenvalue weighted by Crippen LogP contribution is -2.36. The molecule has 8 heteroatoms. The number of hydrogen-bond donors (Lipinski definition) is 1. The van der Waals surface area contributed by atoms with Crippen LogP contribution in [0.3, 0.4) is 0 Å². The molecule has 0 bridgehead atoms. The number of ether oxygens (including phenoxy) is 1. The molecule has 0 spiro atoms. The summed E-state index contributed by atoms with van der Waals surface area (Å²) < 4.78 is 17.8. The molecule has 1 N–H and O–H groups in total. The van der Waals surface area contributed by atoms with Gasteiger partial charge >= 0.3 is 6.09 Å².